The van der Waals surface area contributed by atoms with E-state index >= 15 is 0 Å². The van der Waals surface area contributed by atoms with Crippen LogP contribution in [0.25, 0.3) is 10.9 Å². The van der Waals surface area contributed by atoms with Crippen molar-refractivity contribution in [3.63, 3.8) is 0 Å². The second-order valence-corrected chi connectivity index (χ2v) is 9.52. The summed E-state index contributed by atoms with van der Waals surface area (Å²) >= 11 is 0. The van der Waals surface area contributed by atoms with Crippen molar-refractivity contribution < 1.29 is 9.53 Å². The van der Waals surface area contributed by atoms with E-state index in [-0.39, 0.29) is 5.91 Å². The van der Waals surface area contributed by atoms with Crippen molar-refractivity contribution >= 4 is 22.5 Å². The minimum Gasteiger partial charge on any atom is -0.497 e. The van der Waals surface area contributed by atoms with E-state index in [0.29, 0.717) is 12.1 Å². The lowest BCUT2D eigenvalue weighted by molar-refractivity contribution is 0.102. The fourth-order valence-electron chi connectivity index (χ4n) is 4.92. The maximum Gasteiger partial charge on any atom is 0.255 e. The largest absolute Gasteiger partial charge is 0.497 e. The van der Waals surface area contributed by atoms with Crippen LogP contribution in [0, 0.1) is 27.7 Å². The fourth-order valence-corrected chi connectivity index (χ4v) is 4.92. The number of carbonyl (C=O) groups is 1. The van der Waals surface area contributed by atoms with Crippen LogP contribution in [0.1, 0.15) is 44.1 Å². The Morgan fingerprint density at radius 3 is 2.38 bits per heavy atom. The Morgan fingerprint density at radius 1 is 0.865 bits per heavy atom. The van der Waals surface area contributed by atoms with E-state index in [1.165, 1.54) is 16.8 Å². The average molecular weight is 493 g/mol. The van der Waals surface area contributed by atoms with Gasteiger partial charge in [-0.1, -0.05) is 42.5 Å². The summed E-state index contributed by atoms with van der Waals surface area (Å²) in [6, 6.07) is 24.3. The van der Waals surface area contributed by atoms with Gasteiger partial charge in [-0.3, -0.25) is 9.48 Å². The van der Waals surface area contributed by atoms with Crippen molar-refractivity contribution in [2.75, 3.05) is 12.4 Å². The van der Waals surface area contributed by atoms with Gasteiger partial charge in [0.15, 0.2) is 0 Å². The first-order valence-electron chi connectivity index (χ1n) is 12.5. The van der Waals surface area contributed by atoms with Gasteiger partial charge in [0.2, 0.25) is 0 Å². The maximum atomic E-state index is 13.3. The number of aromatic nitrogens is 3. The number of fused-ring (bicyclic) bond motifs is 1. The number of nitrogens with one attached hydrogen (secondary N) is 1. The van der Waals surface area contributed by atoms with E-state index in [0.717, 1.165) is 45.8 Å². The van der Waals surface area contributed by atoms with Crippen LogP contribution in [0.4, 0.5) is 5.69 Å². The Bertz CT molecular complexity index is 1600. The molecule has 0 atom stereocenters. The van der Waals surface area contributed by atoms with Gasteiger partial charge in [-0.25, -0.2) is 0 Å². The van der Waals surface area contributed by atoms with E-state index in [1.807, 2.05) is 61.0 Å². The predicted octanol–water partition coefficient (Wildman–Crippen LogP) is 6.43. The molecule has 5 aromatic rings. The highest BCUT2D eigenvalue weighted by Gasteiger charge is 2.18. The van der Waals surface area contributed by atoms with Crippen LogP contribution in [-0.4, -0.2) is 27.4 Å². The first-order valence-corrected chi connectivity index (χ1v) is 12.5. The molecule has 2 heterocycles. The Labute approximate surface area is 217 Å². The Kier molecular flexibility index (Phi) is 6.57. The van der Waals surface area contributed by atoms with Gasteiger partial charge in [-0.15, -0.1) is 0 Å². The summed E-state index contributed by atoms with van der Waals surface area (Å²) in [5.74, 6) is 0.674. The molecule has 0 spiro atoms. The molecule has 1 amide bonds. The molecule has 0 aliphatic heterocycles. The molecule has 1 N–H and O–H groups in total. The fraction of sp³-hybridized carbons (Fsp3) is 0.226. The van der Waals surface area contributed by atoms with Crippen LogP contribution in [0.15, 0.2) is 72.8 Å². The SMILES string of the molecule is COc1cccc(Cn2nc(C)c(NC(=O)c3ccc4c(c3)c(C)c(C)n4Cc3ccccc3)c2C)c1. The van der Waals surface area contributed by atoms with E-state index in [4.69, 9.17) is 4.74 Å². The molecule has 0 aliphatic carbocycles. The molecule has 2 aromatic heterocycles. The number of amides is 1. The summed E-state index contributed by atoms with van der Waals surface area (Å²) in [5.41, 5.74) is 8.95. The van der Waals surface area contributed by atoms with E-state index < -0.39 is 0 Å². The Balaban J connectivity index is 1.40. The minimum absolute atomic E-state index is 0.137. The third-order valence-electron chi connectivity index (χ3n) is 7.17. The molecular weight excluding hydrogens is 460 g/mol. The van der Waals surface area contributed by atoms with Crippen molar-refractivity contribution in [1.82, 2.24) is 14.3 Å². The van der Waals surface area contributed by atoms with Crippen molar-refractivity contribution in [3.05, 3.63) is 112 Å². The number of carbonyl (C=O) groups excluding carboxylic acids is 1. The molecular formula is C31H32N4O2. The van der Waals surface area contributed by atoms with Gasteiger partial charge in [0.1, 0.15) is 5.75 Å². The molecule has 0 fully saturated rings. The van der Waals surface area contributed by atoms with E-state index in [2.05, 4.69) is 59.2 Å². The molecule has 0 saturated carbocycles. The highest BCUT2D eigenvalue weighted by atomic mass is 16.5. The van der Waals surface area contributed by atoms with Gasteiger partial charge >= 0.3 is 0 Å². The number of ether oxygens (including phenoxy) is 1. The summed E-state index contributed by atoms with van der Waals surface area (Å²) in [6.07, 6.45) is 0. The third-order valence-corrected chi connectivity index (χ3v) is 7.17. The number of rotatable bonds is 7. The summed E-state index contributed by atoms with van der Waals surface area (Å²) in [4.78, 5) is 13.3. The van der Waals surface area contributed by atoms with Gasteiger partial charge in [0.25, 0.3) is 5.91 Å². The summed E-state index contributed by atoms with van der Waals surface area (Å²) in [5, 5.41) is 8.90. The van der Waals surface area contributed by atoms with Crippen molar-refractivity contribution in [3.8, 4) is 5.75 Å². The molecule has 0 bridgehead atoms. The number of hydrogen-bond donors (Lipinski definition) is 1. The molecule has 6 nitrogen and oxygen atoms in total. The van der Waals surface area contributed by atoms with Crippen LogP contribution in [0.5, 0.6) is 5.75 Å². The maximum absolute atomic E-state index is 13.3. The summed E-state index contributed by atoms with van der Waals surface area (Å²) < 4.78 is 9.58. The Morgan fingerprint density at radius 2 is 1.62 bits per heavy atom. The van der Waals surface area contributed by atoms with Gasteiger partial charge in [-0.2, -0.15) is 5.10 Å². The molecule has 188 valence electrons. The average Bonchev–Trinajstić information content (AvgIpc) is 3.31. The molecule has 0 radical (unpaired) electrons. The smallest absolute Gasteiger partial charge is 0.255 e. The monoisotopic (exact) mass is 492 g/mol. The zero-order chi connectivity index (χ0) is 26.1. The van der Waals surface area contributed by atoms with Crippen LogP contribution in [-0.2, 0) is 13.1 Å². The second kappa shape index (κ2) is 9.97. The normalized spacial score (nSPS) is 11.2. The summed E-state index contributed by atoms with van der Waals surface area (Å²) in [7, 11) is 1.66. The van der Waals surface area contributed by atoms with Gasteiger partial charge < -0.3 is 14.6 Å². The lowest BCUT2D eigenvalue weighted by atomic mass is 10.1. The molecule has 5 rings (SSSR count). The highest BCUT2D eigenvalue weighted by molar-refractivity contribution is 6.07. The highest BCUT2D eigenvalue weighted by Crippen LogP contribution is 2.28. The van der Waals surface area contributed by atoms with Crippen LogP contribution in [0.3, 0.4) is 0 Å². The first kappa shape index (κ1) is 24.4. The van der Waals surface area contributed by atoms with Crippen LogP contribution >= 0.6 is 0 Å². The third kappa shape index (κ3) is 4.75. The zero-order valence-corrected chi connectivity index (χ0v) is 22.0. The van der Waals surface area contributed by atoms with Crippen molar-refractivity contribution in [2.45, 2.75) is 40.8 Å². The van der Waals surface area contributed by atoms with Crippen molar-refractivity contribution in [1.29, 1.82) is 0 Å². The Hall–Kier alpha value is -4.32. The van der Waals surface area contributed by atoms with Gasteiger partial charge in [0.05, 0.1) is 30.7 Å². The molecule has 0 aliphatic rings. The standard InChI is InChI=1S/C31H32N4O2/c1-20-22(3)34(18-24-10-7-6-8-11-24)29-15-14-26(17-28(20)29)31(36)32-30-21(2)33-35(23(30)4)19-25-12-9-13-27(16-25)37-5/h6-17H,18-19H2,1-5H3,(H,32,36). The quantitative estimate of drug-likeness (QED) is 0.285. The zero-order valence-electron chi connectivity index (χ0n) is 22.0. The van der Waals surface area contributed by atoms with E-state index in [1.54, 1.807) is 7.11 Å². The van der Waals surface area contributed by atoms with Crippen LogP contribution in [0.2, 0.25) is 0 Å². The number of nitrogens with zero attached hydrogens (tertiary/aromatic N) is 3. The van der Waals surface area contributed by atoms with E-state index in [9.17, 15) is 4.79 Å². The first-order chi connectivity index (χ1) is 17.9. The summed E-state index contributed by atoms with van der Waals surface area (Å²) in [6.45, 7) is 9.56. The number of hydrogen-bond acceptors (Lipinski definition) is 3. The van der Waals surface area contributed by atoms with Gasteiger partial charge in [0, 0.05) is 28.7 Å². The molecule has 0 unspecified atom stereocenters. The topological polar surface area (TPSA) is 61.1 Å². The minimum atomic E-state index is -0.137. The van der Waals surface area contributed by atoms with Crippen molar-refractivity contribution in [2.24, 2.45) is 0 Å². The number of aryl methyl sites for hydroxylation is 2. The number of methoxy groups -OCH3 is 1. The molecule has 3 aromatic carbocycles. The van der Waals surface area contributed by atoms with Gasteiger partial charge in [-0.05, 0) is 74.7 Å². The van der Waals surface area contributed by atoms with Crippen LogP contribution < -0.4 is 10.1 Å². The second-order valence-electron chi connectivity index (χ2n) is 9.52. The molecule has 37 heavy (non-hydrogen) atoms. The lowest BCUT2D eigenvalue weighted by Gasteiger charge is -2.10. The molecule has 6 heteroatoms. The lowest BCUT2D eigenvalue weighted by Crippen LogP contribution is -2.13. The number of anilines is 1. The number of benzene rings is 3. The predicted molar refractivity (Wildman–Crippen MR) is 149 cm³/mol. The molecule has 0 saturated heterocycles.